The van der Waals surface area contributed by atoms with Crippen LogP contribution in [0.15, 0.2) is 58.4 Å². The first-order valence-electron chi connectivity index (χ1n) is 8.01. The summed E-state index contributed by atoms with van der Waals surface area (Å²) >= 11 is 4.82. The van der Waals surface area contributed by atoms with Crippen molar-refractivity contribution in [2.45, 2.75) is 6.92 Å². The molecule has 2 aromatic carbocycles. The van der Waals surface area contributed by atoms with Gasteiger partial charge in [0.1, 0.15) is 11.5 Å². The molecule has 1 amide bonds. The van der Waals surface area contributed by atoms with Crippen molar-refractivity contribution < 1.29 is 14.3 Å². The van der Waals surface area contributed by atoms with Crippen molar-refractivity contribution in [2.75, 3.05) is 18.5 Å². The van der Waals surface area contributed by atoms with Crippen molar-refractivity contribution in [2.24, 2.45) is 0 Å². The number of hydrogen-bond acceptors (Lipinski definition) is 5. The van der Waals surface area contributed by atoms with E-state index in [4.69, 9.17) is 9.47 Å². The number of carbonyl (C=O) groups excluding carboxylic acids is 1. The number of anilines is 1. The number of nitrogens with zero attached hydrogens (tertiary/aromatic N) is 1. The van der Waals surface area contributed by atoms with Gasteiger partial charge in [0.15, 0.2) is 11.7 Å². The SMILES string of the molecule is CCOc1ccc(OCC(=O)Nc2nc(-c3cccc(Br)c3)cs2)cc1. The number of thiazole rings is 1. The van der Waals surface area contributed by atoms with E-state index in [9.17, 15) is 4.79 Å². The Morgan fingerprint density at radius 3 is 2.58 bits per heavy atom. The molecule has 0 aliphatic heterocycles. The number of amides is 1. The molecule has 0 bridgehead atoms. The third-order valence-corrected chi connectivity index (χ3v) is 4.63. The van der Waals surface area contributed by atoms with E-state index in [2.05, 4.69) is 26.2 Å². The second-order valence-electron chi connectivity index (χ2n) is 5.29. The van der Waals surface area contributed by atoms with Gasteiger partial charge in [0.05, 0.1) is 12.3 Å². The van der Waals surface area contributed by atoms with E-state index in [1.54, 1.807) is 12.1 Å². The Hall–Kier alpha value is -2.38. The summed E-state index contributed by atoms with van der Waals surface area (Å²) < 4.78 is 11.8. The molecule has 0 atom stereocenters. The van der Waals surface area contributed by atoms with Crippen molar-refractivity contribution in [1.82, 2.24) is 4.98 Å². The van der Waals surface area contributed by atoms with Crippen LogP contribution in [0.2, 0.25) is 0 Å². The quantitative estimate of drug-likeness (QED) is 0.571. The Morgan fingerprint density at radius 1 is 1.15 bits per heavy atom. The van der Waals surface area contributed by atoms with E-state index < -0.39 is 0 Å². The minimum absolute atomic E-state index is 0.0836. The molecule has 1 heterocycles. The molecule has 5 nitrogen and oxygen atoms in total. The van der Waals surface area contributed by atoms with Gasteiger partial charge >= 0.3 is 0 Å². The number of halogens is 1. The molecule has 3 rings (SSSR count). The molecule has 0 radical (unpaired) electrons. The van der Waals surface area contributed by atoms with Gasteiger partial charge in [-0.2, -0.15) is 0 Å². The fraction of sp³-hybridized carbons (Fsp3) is 0.158. The highest BCUT2D eigenvalue weighted by atomic mass is 79.9. The van der Waals surface area contributed by atoms with E-state index >= 15 is 0 Å². The van der Waals surface area contributed by atoms with Crippen LogP contribution in [-0.4, -0.2) is 24.1 Å². The maximum atomic E-state index is 12.1. The van der Waals surface area contributed by atoms with Crippen molar-refractivity contribution >= 4 is 38.3 Å². The highest BCUT2D eigenvalue weighted by Gasteiger charge is 2.09. The molecular formula is C19H17BrN2O3S. The molecule has 0 aliphatic rings. The number of ether oxygens (including phenoxy) is 2. The van der Waals surface area contributed by atoms with Gasteiger partial charge in [0.25, 0.3) is 5.91 Å². The number of nitrogens with one attached hydrogen (secondary N) is 1. The molecule has 1 aromatic heterocycles. The topological polar surface area (TPSA) is 60.5 Å². The van der Waals surface area contributed by atoms with Crippen LogP contribution in [0.1, 0.15) is 6.92 Å². The Labute approximate surface area is 164 Å². The summed E-state index contributed by atoms with van der Waals surface area (Å²) in [6.07, 6.45) is 0. The average molecular weight is 433 g/mol. The van der Waals surface area contributed by atoms with E-state index in [-0.39, 0.29) is 12.5 Å². The number of hydrogen-bond donors (Lipinski definition) is 1. The molecule has 0 saturated heterocycles. The lowest BCUT2D eigenvalue weighted by Gasteiger charge is -2.07. The zero-order chi connectivity index (χ0) is 18.4. The maximum Gasteiger partial charge on any atom is 0.264 e. The van der Waals surface area contributed by atoms with Crippen LogP contribution >= 0.6 is 27.3 Å². The predicted octanol–water partition coefficient (Wildman–Crippen LogP) is 4.99. The van der Waals surface area contributed by atoms with Gasteiger partial charge in [-0.15, -0.1) is 11.3 Å². The first-order chi connectivity index (χ1) is 12.6. The highest BCUT2D eigenvalue weighted by Crippen LogP contribution is 2.27. The van der Waals surface area contributed by atoms with Gasteiger partial charge in [-0.05, 0) is 43.3 Å². The van der Waals surface area contributed by atoms with Crippen LogP contribution in [0.3, 0.4) is 0 Å². The Bertz CT molecular complexity index is 881. The van der Waals surface area contributed by atoms with Crippen molar-refractivity contribution in [3.8, 4) is 22.8 Å². The first kappa shape index (κ1) is 18.4. The summed E-state index contributed by atoms with van der Waals surface area (Å²) in [6, 6.07) is 15.0. The second kappa shape index (κ2) is 8.82. The maximum absolute atomic E-state index is 12.1. The highest BCUT2D eigenvalue weighted by molar-refractivity contribution is 9.10. The number of aromatic nitrogens is 1. The van der Waals surface area contributed by atoms with Crippen LogP contribution in [-0.2, 0) is 4.79 Å². The molecule has 3 aromatic rings. The molecule has 1 N–H and O–H groups in total. The monoisotopic (exact) mass is 432 g/mol. The number of carbonyl (C=O) groups is 1. The molecule has 0 fully saturated rings. The fourth-order valence-corrected chi connectivity index (χ4v) is 3.35. The largest absolute Gasteiger partial charge is 0.494 e. The summed E-state index contributed by atoms with van der Waals surface area (Å²) in [5, 5.41) is 5.21. The molecule has 0 unspecified atom stereocenters. The lowest BCUT2D eigenvalue weighted by molar-refractivity contribution is -0.118. The summed E-state index contributed by atoms with van der Waals surface area (Å²) in [6.45, 7) is 2.45. The van der Waals surface area contributed by atoms with Crippen molar-refractivity contribution in [1.29, 1.82) is 0 Å². The first-order valence-corrected chi connectivity index (χ1v) is 9.68. The fourth-order valence-electron chi connectivity index (χ4n) is 2.21. The number of rotatable bonds is 7. The minimum atomic E-state index is -0.256. The molecule has 0 saturated carbocycles. The third kappa shape index (κ3) is 5.06. The van der Waals surface area contributed by atoms with Crippen LogP contribution in [0, 0.1) is 0 Å². The standard InChI is InChI=1S/C19H17BrN2O3S/c1-2-24-15-6-8-16(9-7-15)25-11-18(23)22-19-21-17(12-26-19)13-4-3-5-14(20)10-13/h3-10,12H,2,11H2,1H3,(H,21,22,23). The summed E-state index contributed by atoms with van der Waals surface area (Å²) in [4.78, 5) is 16.5. The van der Waals surface area contributed by atoms with Gasteiger partial charge in [0.2, 0.25) is 0 Å². The van der Waals surface area contributed by atoms with Crippen LogP contribution in [0.5, 0.6) is 11.5 Å². The van der Waals surface area contributed by atoms with E-state index in [0.717, 1.165) is 21.5 Å². The second-order valence-corrected chi connectivity index (χ2v) is 7.06. The van der Waals surface area contributed by atoms with Gasteiger partial charge in [-0.1, -0.05) is 28.1 Å². The summed E-state index contributed by atoms with van der Waals surface area (Å²) in [7, 11) is 0. The zero-order valence-electron chi connectivity index (χ0n) is 14.1. The summed E-state index contributed by atoms with van der Waals surface area (Å²) in [5.74, 6) is 1.12. The van der Waals surface area contributed by atoms with Gasteiger partial charge < -0.3 is 9.47 Å². The van der Waals surface area contributed by atoms with E-state index in [1.807, 2.05) is 48.7 Å². The molecule has 134 valence electrons. The van der Waals surface area contributed by atoms with E-state index in [0.29, 0.717) is 17.5 Å². The van der Waals surface area contributed by atoms with Crippen molar-refractivity contribution in [3.63, 3.8) is 0 Å². The van der Waals surface area contributed by atoms with Crippen LogP contribution in [0.4, 0.5) is 5.13 Å². The molecule has 26 heavy (non-hydrogen) atoms. The van der Waals surface area contributed by atoms with Gasteiger partial charge in [-0.25, -0.2) is 4.98 Å². The Kier molecular flexibility index (Phi) is 6.25. The third-order valence-electron chi connectivity index (χ3n) is 3.38. The van der Waals surface area contributed by atoms with Gasteiger partial charge in [0, 0.05) is 15.4 Å². The molecule has 0 aliphatic carbocycles. The lowest BCUT2D eigenvalue weighted by Crippen LogP contribution is -2.20. The molecule has 7 heteroatoms. The Morgan fingerprint density at radius 2 is 1.88 bits per heavy atom. The van der Waals surface area contributed by atoms with Crippen molar-refractivity contribution in [3.05, 3.63) is 58.4 Å². The predicted molar refractivity (Wildman–Crippen MR) is 107 cm³/mol. The minimum Gasteiger partial charge on any atom is -0.494 e. The Balaban J connectivity index is 1.53. The summed E-state index contributed by atoms with van der Waals surface area (Å²) in [5.41, 5.74) is 1.81. The molecular weight excluding hydrogens is 416 g/mol. The smallest absolute Gasteiger partial charge is 0.264 e. The van der Waals surface area contributed by atoms with Crippen LogP contribution in [0.25, 0.3) is 11.3 Å². The van der Waals surface area contributed by atoms with Gasteiger partial charge in [-0.3, -0.25) is 10.1 Å². The van der Waals surface area contributed by atoms with E-state index in [1.165, 1.54) is 11.3 Å². The molecule has 0 spiro atoms. The lowest BCUT2D eigenvalue weighted by atomic mass is 10.2. The zero-order valence-corrected chi connectivity index (χ0v) is 16.5. The normalized spacial score (nSPS) is 10.4. The van der Waals surface area contributed by atoms with Crippen LogP contribution < -0.4 is 14.8 Å². The number of benzene rings is 2. The average Bonchev–Trinajstić information content (AvgIpc) is 3.10.